The van der Waals surface area contributed by atoms with Gasteiger partial charge in [0, 0.05) is 39.5 Å². The van der Waals surface area contributed by atoms with Crippen molar-refractivity contribution in [2.24, 2.45) is 13.0 Å². The second kappa shape index (κ2) is 7.02. The summed E-state index contributed by atoms with van der Waals surface area (Å²) in [5.74, 6) is 1.55. The molecular formula is C19H24N6O2. The van der Waals surface area contributed by atoms with Crippen molar-refractivity contribution in [3.8, 4) is 0 Å². The molecule has 27 heavy (non-hydrogen) atoms. The predicted octanol–water partition coefficient (Wildman–Crippen LogP) is 0.873. The van der Waals surface area contributed by atoms with E-state index in [2.05, 4.69) is 28.0 Å². The Labute approximate surface area is 156 Å². The lowest BCUT2D eigenvalue weighted by molar-refractivity contribution is -0.125. The van der Waals surface area contributed by atoms with Crippen molar-refractivity contribution >= 4 is 16.9 Å². The number of amides is 1. The molecule has 1 aliphatic heterocycles. The fourth-order valence-corrected chi connectivity index (χ4v) is 3.86. The number of nitrogens with one attached hydrogen (secondary N) is 1. The number of fused-ring (bicyclic) bond motifs is 2. The van der Waals surface area contributed by atoms with Gasteiger partial charge in [0.2, 0.25) is 5.91 Å². The SMILES string of the molecule is CCn1c(CCNC(=O)[C@H]2CCc3nn(C)c(=O)n3C2)nc2ccccc21. The highest BCUT2D eigenvalue weighted by Crippen LogP contribution is 2.18. The van der Waals surface area contributed by atoms with Crippen LogP contribution in [0.25, 0.3) is 11.0 Å². The first kappa shape index (κ1) is 17.5. The minimum absolute atomic E-state index is 0.00411. The average molecular weight is 368 g/mol. The summed E-state index contributed by atoms with van der Waals surface area (Å²) in [6.45, 7) is 3.88. The maximum Gasteiger partial charge on any atom is 0.345 e. The van der Waals surface area contributed by atoms with E-state index in [0.29, 0.717) is 25.9 Å². The van der Waals surface area contributed by atoms with Crippen LogP contribution in [0.5, 0.6) is 0 Å². The van der Waals surface area contributed by atoms with Crippen molar-refractivity contribution in [1.82, 2.24) is 29.2 Å². The van der Waals surface area contributed by atoms with Crippen LogP contribution in [0.4, 0.5) is 0 Å². The normalized spacial score (nSPS) is 16.4. The number of carbonyl (C=O) groups excluding carboxylic acids is 1. The summed E-state index contributed by atoms with van der Waals surface area (Å²) in [5.41, 5.74) is 1.95. The zero-order chi connectivity index (χ0) is 19.0. The quantitative estimate of drug-likeness (QED) is 0.724. The lowest BCUT2D eigenvalue weighted by Gasteiger charge is -2.21. The smallest absolute Gasteiger partial charge is 0.345 e. The Kier molecular flexibility index (Phi) is 4.55. The molecule has 1 atom stereocenters. The van der Waals surface area contributed by atoms with E-state index in [0.717, 1.165) is 35.6 Å². The Morgan fingerprint density at radius 1 is 1.33 bits per heavy atom. The van der Waals surface area contributed by atoms with E-state index in [1.807, 2.05) is 18.2 Å². The Morgan fingerprint density at radius 2 is 2.15 bits per heavy atom. The summed E-state index contributed by atoms with van der Waals surface area (Å²) in [4.78, 5) is 29.3. The average Bonchev–Trinajstić information content (AvgIpc) is 3.18. The highest BCUT2D eigenvalue weighted by molar-refractivity contribution is 5.79. The largest absolute Gasteiger partial charge is 0.355 e. The van der Waals surface area contributed by atoms with Gasteiger partial charge in [-0.25, -0.2) is 14.5 Å². The molecule has 4 rings (SSSR count). The third kappa shape index (κ3) is 3.15. The summed E-state index contributed by atoms with van der Waals surface area (Å²) >= 11 is 0. The molecule has 0 bridgehead atoms. The van der Waals surface area contributed by atoms with E-state index < -0.39 is 0 Å². The van der Waals surface area contributed by atoms with Gasteiger partial charge in [0.15, 0.2) is 0 Å². The minimum atomic E-state index is -0.190. The molecule has 8 heteroatoms. The van der Waals surface area contributed by atoms with Crippen molar-refractivity contribution in [3.05, 3.63) is 46.4 Å². The molecule has 0 unspecified atom stereocenters. The van der Waals surface area contributed by atoms with Crippen LogP contribution in [0.1, 0.15) is 25.0 Å². The van der Waals surface area contributed by atoms with Crippen molar-refractivity contribution in [2.45, 2.75) is 39.3 Å². The predicted molar refractivity (Wildman–Crippen MR) is 101 cm³/mol. The third-order valence-electron chi connectivity index (χ3n) is 5.27. The number of hydrogen-bond acceptors (Lipinski definition) is 4. The van der Waals surface area contributed by atoms with Crippen LogP contribution in [0.3, 0.4) is 0 Å². The fraction of sp³-hybridized carbons (Fsp3) is 0.474. The Hall–Kier alpha value is -2.90. The monoisotopic (exact) mass is 368 g/mol. The molecule has 0 aliphatic carbocycles. The van der Waals surface area contributed by atoms with Crippen LogP contribution in [-0.2, 0) is 37.8 Å². The number of hydrogen-bond donors (Lipinski definition) is 1. The van der Waals surface area contributed by atoms with Crippen molar-refractivity contribution in [3.63, 3.8) is 0 Å². The number of para-hydroxylation sites is 2. The van der Waals surface area contributed by atoms with Crippen LogP contribution in [-0.4, -0.2) is 36.4 Å². The molecule has 1 aromatic carbocycles. The van der Waals surface area contributed by atoms with Gasteiger partial charge in [-0.15, -0.1) is 0 Å². The number of carbonyl (C=O) groups is 1. The molecule has 142 valence electrons. The topological polar surface area (TPSA) is 86.7 Å². The van der Waals surface area contributed by atoms with Crippen molar-refractivity contribution in [1.29, 1.82) is 0 Å². The maximum absolute atomic E-state index is 12.6. The van der Waals surface area contributed by atoms with E-state index >= 15 is 0 Å². The summed E-state index contributed by atoms with van der Waals surface area (Å²) in [6, 6.07) is 8.08. The first-order valence-corrected chi connectivity index (χ1v) is 9.43. The molecule has 1 N–H and O–H groups in total. The van der Waals surface area contributed by atoms with Gasteiger partial charge in [0.1, 0.15) is 11.6 Å². The van der Waals surface area contributed by atoms with E-state index in [9.17, 15) is 9.59 Å². The van der Waals surface area contributed by atoms with Crippen LogP contribution in [0.2, 0.25) is 0 Å². The molecule has 0 saturated heterocycles. The molecule has 3 heterocycles. The van der Waals surface area contributed by atoms with Gasteiger partial charge in [0.25, 0.3) is 0 Å². The summed E-state index contributed by atoms with van der Waals surface area (Å²) < 4.78 is 5.14. The van der Waals surface area contributed by atoms with Gasteiger partial charge in [-0.1, -0.05) is 12.1 Å². The Balaban J connectivity index is 1.39. The van der Waals surface area contributed by atoms with Gasteiger partial charge < -0.3 is 9.88 Å². The zero-order valence-electron chi connectivity index (χ0n) is 15.7. The molecule has 1 aliphatic rings. The van der Waals surface area contributed by atoms with E-state index in [1.54, 1.807) is 11.6 Å². The van der Waals surface area contributed by atoms with Crippen molar-refractivity contribution in [2.75, 3.05) is 6.54 Å². The van der Waals surface area contributed by atoms with E-state index in [4.69, 9.17) is 4.98 Å². The number of nitrogens with zero attached hydrogens (tertiary/aromatic N) is 5. The Morgan fingerprint density at radius 3 is 2.96 bits per heavy atom. The van der Waals surface area contributed by atoms with Gasteiger partial charge in [-0.2, -0.15) is 5.10 Å². The van der Waals surface area contributed by atoms with E-state index in [1.165, 1.54) is 4.68 Å². The highest BCUT2D eigenvalue weighted by atomic mass is 16.2. The fourth-order valence-electron chi connectivity index (χ4n) is 3.86. The van der Waals surface area contributed by atoms with Crippen LogP contribution in [0, 0.1) is 5.92 Å². The molecule has 2 aromatic heterocycles. The minimum Gasteiger partial charge on any atom is -0.355 e. The van der Waals surface area contributed by atoms with Crippen LogP contribution >= 0.6 is 0 Å². The van der Waals surface area contributed by atoms with Gasteiger partial charge in [0.05, 0.1) is 17.0 Å². The Bertz CT molecular complexity index is 1040. The molecule has 0 saturated carbocycles. The van der Waals surface area contributed by atoms with E-state index in [-0.39, 0.29) is 17.5 Å². The molecular weight excluding hydrogens is 344 g/mol. The van der Waals surface area contributed by atoms with Gasteiger partial charge in [-0.3, -0.25) is 9.36 Å². The number of rotatable bonds is 5. The molecule has 3 aromatic rings. The first-order valence-electron chi connectivity index (χ1n) is 9.43. The molecule has 0 spiro atoms. The maximum atomic E-state index is 12.6. The van der Waals surface area contributed by atoms with Crippen molar-refractivity contribution < 1.29 is 4.79 Å². The lowest BCUT2D eigenvalue weighted by atomic mass is 9.98. The third-order valence-corrected chi connectivity index (χ3v) is 5.27. The molecule has 8 nitrogen and oxygen atoms in total. The van der Waals surface area contributed by atoms with Gasteiger partial charge in [-0.05, 0) is 25.5 Å². The van der Waals surface area contributed by atoms with Crippen LogP contribution < -0.4 is 11.0 Å². The second-order valence-corrected chi connectivity index (χ2v) is 6.97. The molecule has 1 amide bonds. The number of aryl methyl sites for hydroxylation is 3. The lowest BCUT2D eigenvalue weighted by Crippen LogP contribution is -2.39. The summed E-state index contributed by atoms with van der Waals surface area (Å²) in [7, 11) is 1.64. The van der Waals surface area contributed by atoms with Crippen LogP contribution in [0.15, 0.2) is 29.1 Å². The summed E-state index contributed by atoms with van der Waals surface area (Å²) in [6.07, 6.45) is 2.05. The van der Waals surface area contributed by atoms with Gasteiger partial charge >= 0.3 is 5.69 Å². The first-order chi connectivity index (χ1) is 13.1. The standard InChI is InChI=1S/C19H24N6O2/c1-3-24-15-7-5-4-6-14(15)21-16(24)10-11-20-18(26)13-8-9-17-22-23(2)19(27)25(17)12-13/h4-7,13H,3,8-12H2,1-2H3,(H,20,26)/t13-/m0/s1. The zero-order valence-corrected chi connectivity index (χ0v) is 15.7. The number of imidazole rings is 1. The highest BCUT2D eigenvalue weighted by Gasteiger charge is 2.27. The summed E-state index contributed by atoms with van der Waals surface area (Å²) in [5, 5.41) is 7.23. The second-order valence-electron chi connectivity index (χ2n) is 6.97. The molecule has 0 radical (unpaired) electrons. The number of benzene rings is 1. The number of aromatic nitrogens is 5. The molecule has 0 fully saturated rings.